The summed E-state index contributed by atoms with van der Waals surface area (Å²) in [7, 11) is -4.61. The number of hydrogen-bond acceptors (Lipinski definition) is 11. The quantitative estimate of drug-likeness (QED) is 0.242. The first-order valence-electron chi connectivity index (χ1n) is 7.41. The van der Waals surface area contributed by atoms with Crippen molar-refractivity contribution in [3.63, 3.8) is 0 Å². The maximum absolute atomic E-state index is 11.8. The molecule has 0 saturated carbocycles. The van der Waals surface area contributed by atoms with Crippen molar-refractivity contribution in [3.8, 4) is 0 Å². The smallest absolute Gasteiger partial charge is 0.394 e. The van der Waals surface area contributed by atoms with Crippen molar-refractivity contribution in [2.45, 2.75) is 30.6 Å². The number of ether oxygens (including phenoxy) is 1. The standard InChI is InChI=1S/C12H20N3O10P/c13-8-1-2-15(12(20)14-8)11-10(19)9(18)7(25-11)5-24-26(21,22)23-4-6(17)3-16/h1-2,6-7,9-11,16-19H,3-5H2,(H,21,22)(H2,13,14,20)/t6?,7-,9-,10+,11-/m1/s1. The molecule has 148 valence electrons. The van der Waals surface area contributed by atoms with Crippen LogP contribution >= 0.6 is 7.82 Å². The summed E-state index contributed by atoms with van der Waals surface area (Å²) in [6, 6.07) is 1.29. The predicted molar refractivity (Wildman–Crippen MR) is 83.7 cm³/mol. The molecule has 1 aliphatic heterocycles. The van der Waals surface area contributed by atoms with E-state index in [0.29, 0.717) is 0 Å². The Morgan fingerprint density at radius 1 is 1.38 bits per heavy atom. The average molecular weight is 397 g/mol. The van der Waals surface area contributed by atoms with E-state index < -0.39 is 64.0 Å². The molecule has 6 atom stereocenters. The van der Waals surface area contributed by atoms with Crippen molar-refractivity contribution < 1.29 is 43.7 Å². The van der Waals surface area contributed by atoms with E-state index in [9.17, 15) is 24.5 Å². The Bertz CT molecular complexity index is 715. The highest BCUT2D eigenvalue weighted by Crippen LogP contribution is 2.44. The minimum atomic E-state index is -4.61. The van der Waals surface area contributed by atoms with Gasteiger partial charge in [0, 0.05) is 6.20 Å². The number of nitrogens with two attached hydrogens (primary N) is 1. The van der Waals surface area contributed by atoms with Crippen LogP contribution in [0.4, 0.5) is 5.82 Å². The first-order valence-corrected chi connectivity index (χ1v) is 8.91. The van der Waals surface area contributed by atoms with Crippen LogP contribution in [0.1, 0.15) is 6.23 Å². The summed E-state index contributed by atoms with van der Waals surface area (Å²) >= 11 is 0. The third kappa shape index (κ3) is 5.07. The van der Waals surface area contributed by atoms with E-state index in [0.717, 1.165) is 4.57 Å². The van der Waals surface area contributed by atoms with Crippen molar-refractivity contribution in [1.29, 1.82) is 0 Å². The van der Waals surface area contributed by atoms with Gasteiger partial charge in [-0.15, -0.1) is 0 Å². The number of anilines is 1. The molecule has 7 N–H and O–H groups in total. The van der Waals surface area contributed by atoms with Crippen molar-refractivity contribution >= 4 is 13.6 Å². The van der Waals surface area contributed by atoms with Crippen LogP contribution in [-0.2, 0) is 18.3 Å². The van der Waals surface area contributed by atoms with Crippen molar-refractivity contribution in [2.24, 2.45) is 0 Å². The third-order valence-electron chi connectivity index (χ3n) is 3.51. The number of aliphatic hydroxyl groups excluding tert-OH is 4. The normalized spacial score (nSPS) is 29.4. The van der Waals surface area contributed by atoms with Gasteiger partial charge in [-0.05, 0) is 6.07 Å². The zero-order chi connectivity index (χ0) is 19.5. The molecule has 0 radical (unpaired) electrons. The van der Waals surface area contributed by atoms with Crippen LogP contribution in [0.3, 0.4) is 0 Å². The predicted octanol–water partition coefficient (Wildman–Crippen LogP) is -3.07. The Morgan fingerprint density at radius 2 is 2.08 bits per heavy atom. The Morgan fingerprint density at radius 3 is 2.69 bits per heavy atom. The summed E-state index contributed by atoms with van der Waals surface area (Å²) in [6.07, 6.45) is -5.80. The second-order valence-corrected chi connectivity index (χ2v) is 6.94. The molecule has 0 amide bonds. The monoisotopic (exact) mass is 397 g/mol. The molecule has 0 bridgehead atoms. The minimum Gasteiger partial charge on any atom is -0.394 e. The second-order valence-electron chi connectivity index (χ2n) is 5.49. The lowest BCUT2D eigenvalue weighted by Crippen LogP contribution is -2.36. The third-order valence-corrected chi connectivity index (χ3v) is 4.46. The van der Waals surface area contributed by atoms with Gasteiger partial charge in [0.05, 0.1) is 19.8 Å². The average Bonchev–Trinajstić information content (AvgIpc) is 2.86. The lowest BCUT2D eigenvalue weighted by atomic mass is 10.1. The van der Waals surface area contributed by atoms with Gasteiger partial charge in [0.15, 0.2) is 6.23 Å². The highest BCUT2D eigenvalue weighted by molar-refractivity contribution is 7.47. The number of rotatable bonds is 8. The van der Waals surface area contributed by atoms with Gasteiger partial charge in [-0.3, -0.25) is 13.6 Å². The van der Waals surface area contributed by atoms with E-state index in [1.54, 1.807) is 0 Å². The van der Waals surface area contributed by atoms with Crippen LogP contribution in [0, 0.1) is 0 Å². The number of phosphoric ester groups is 1. The molecule has 2 unspecified atom stereocenters. The number of nitrogens with zero attached hydrogens (tertiary/aromatic N) is 2. The summed E-state index contributed by atoms with van der Waals surface area (Å²) in [5, 5.41) is 37.7. The number of aliphatic hydroxyl groups is 4. The molecule has 2 rings (SSSR count). The number of nitrogen functional groups attached to an aromatic ring is 1. The van der Waals surface area contributed by atoms with Crippen LogP contribution in [-0.4, -0.2) is 79.1 Å². The molecule has 13 nitrogen and oxygen atoms in total. The highest BCUT2D eigenvalue weighted by Gasteiger charge is 2.45. The zero-order valence-electron chi connectivity index (χ0n) is 13.4. The van der Waals surface area contributed by atoms with Crippen LogP contribution in [0.25, 0.3) is 0 Å². The van der Waals surface area contributed by atoms with Gasteiger partial charge >= 0.3 is 13.5 Å². The molecule has 1 saturated heterocycles. The maximum atomic E-state index is 11.8. The fourth-order valence-electron chi connectivity index (χ4n) is 2.15. The van der Waals surface area contributed by atoms with Crippen molar-refractivity contribution in [1.82, 2.24) is 9.55 Å². The molecular formula is C12H20N3O10P. The van der Waals surface area contributed by atoms with Gasteiger partial charge in [0.25, 0.3) is 0 Å². The fraction of sp³-hybridized carbons (Fsp3) is 0.667. The van der Waals surface area contributed by atoms with Crippen molar-refractivity contribution in [2.75, 3.05) is 25.6 Å². The fourth-order valence-corrected chi connectivity index (χ4v) is 2.92. The minimum absolute atomic E-state index is 0.0393. The Kier molecular flexibility index (Phi) is 6.85. The molecule has 0 aromatic carbocycles. The van der Waals surface area contributed by atoms with E-state index in [1.807, 2.05) is 0 Å². The lowest BCUT2D eigenvalue weighted by Gasteiger charge is -2.18. The largest absolute Gasteiger partial charge is 0.472 e. The van der Waals surface area contributed by atoms with Crippen LogP contribution in [0.2, 0.25) is 0 Å². The summed E-state index contributed by atoms with van der Waals surface area (Å²) in [5.41, 5.74) is 4.55. The van der Waals surface area contributed by atoms with E-state index in [1.165, 1.54) is 12.3 Å². The number of aromatic nitrogens is 2. The number of phosphoric acid groups is 1. The SMILES string of the molecule is Nc1ccn([C@@H]2O[C@H](COP(=O)(O)OCC(O)CO)[C@@H](O)[C@@H]2O)c(=O)n1. The number of hydrogen-bond donors (Lipinski definition) is 6. The maximum Gasteiger partial charge on any atom is 0.472 e. The van der Waals surface area contributed by atoms with Gasteiger partial charge in [-0.25, -0.2) is 9.36 Å². The zero-order valence-corrected chi connectivity index (χ0v) is 14.3. The summed E-state index contributed by atoms with van der Waals surface area (Å²) in [5.74, 6) is -0.0393. The van der Waals surface area contributed by atoms with Gasteiger partial charge < -0.3 is 35.8 Å². The topological polar surface area (TPSA) is 207 Å². The molecule has 0 aliphatic carbocycles. The van der Waals surface area contributed by atoms with Crippen LogP contribution in [0.5, 0.6) is 0 Å². The second kappa shape index (κ2) is 8.52. The van der Waals surface area contributed by atoms with E-state index in [2.05, 4.69) is 14.0 Å². The van der Waals surface area contributed by atoms with Gasteiger partial charge in [0.1, 0.15) is 30.2 Å². The van der Waals surface area contributed by atoms with Gasteiger partial charge in [0.2, 0.25) is 0 Å². The molecule has 2 heterocycles. The first kappa shape index (κ1) is 20.9. The molecule has 1 aromatic heterocycles. The molecule has 0 spiro atoms. The van der Waals surface area contributed by atoms with Crippen LogP contribution in [0.15, 0.2) is 17.1 Å². The van der Waals surface area contributed by atoms with E-state index >= 15 is 0 Å². The molecular weight excluding hydrogens is 377 g/mol. The molecule has 14 heteroatoms. The van der Waals surface area contributed by atoms with Gasteiger partial charge in [-0.2, -0.15) is 4.98 Å². The van der Waals surface area contributed by atoms with Crippen molar-refractivity contribution in [3.05, 3.63) is 22.7 Å². The summed E-state index contributed by atoms with van der Waals surface area (Å²) in [4.78, 5) is 24.7. The summed E-state index contributed by atoms with van der Waals surface area (Å²) in [6.45, 7) is -1.99. The van der Waals surface area contributed by atoms with E-state index in [4.69, 9.17) is 20.7 Å². The Balaban J connectivity index is 1.99. The molecule has 1 aliphatic rings. The molecule has 1 aromatic rings. The lowest BCUT2D eigenvalue weighted by molar-refractivity contribution is -0.0562. The Labute approximate surface area is 146 Å². The van der Waals surface area contributed by atoms with Gasteiger partial charge in [-0.1, -0.05) is 0 Å². The summed E-state index contributed by atoms with van der Waals surface area (Å²) < 4.78 is 27.0. The van der Waals surface area contributed by atoms with Crippen LogP contribution < -0.4 is 11.4 Å². The molecule has 26 heavy (non-hydrogen) atoms. The molecule has 1 fully saturated rings. The van der Waals surface area contributed by atoms with E-state index in [-0.39, 0.29) is 5.82 Å². The first-order chi connectivity index (χ1) is 12.1. The Hall–Kier alpha value is -1.41. The highest BCUT2D eigenvalue weighted by atomic mass is 31.2.